The Kier molecular flexibility index (Phi) is 5.51. The van der Waals surface area contributed by atoms with Crippen molar-refractivity contribution in [2.75, 3.05) is 13.7 Å². The Balaban J connectivity index is 2.86. The van der Waals surface area contributed by atoms with Crippen LogP contribution in [0.3, 0.4) is 0 Å². The molecule has 0 aromatic heterocycles. The Morgan fingerprint density at radius 1 is 1.53 bits per heavy atom. The summed E-state index contributed by atoms with van der Waals surface area (Å²) in [5.41, 5.74) is 1.68. The average molecular weight is 254 g/mol. The van der Waals surface area contributed by atoms with Gasteiger partial charge in [0.25, 0.3) is 0 Å². The highest BCUT2D eigenvalue weighted by Crippen LogP contribution is 2.26. The van der Waals surface area contributed by atoms with Crippen LogP contribution in [0.1, 0.15) is 29.8 Å². The Morgan fingerprint density at radius 2 is 2.24 bits per heavy atom. The molecule has 0 saturated carbocycles. The van der Waals surface area contributed by atoms with Crippen molar-refractivity contribution < 1.29 is 14.6 Å². The van der Waals surface area contributed by atoms with Crippen LogP contribution in [0.4, 0.5) is 0 Å². The Morgan fingerprint density at radius 3 is 2.76 bits per heavy atom. The summed E-state index contributed by atoms with van der Waals surface area (Å²) in [6.45, 7) is 3.67. The van der Waals surface area contributed by atoms with E-state index in [4.69, 9.17) is 9.84 Å². The predicted octanol–water partition coefficient (Wildman–Crippen LogP) is 2.51. The van der Waals surface area contributed by atoms with Crippen molar-refractivity contribution in [2.45, 2.75) is 24.9 Å². The maximum absolute atomic E-state index is 11.3. The van der Waals surface area contributed by atoms with Gasteiger partial charge in [-0.05, 0) is 25.1 Å². The first-order valence-corrected chi connectivity index (χ1v) is 6.53. The zero-order valence-corrected chi connectivity index (χ0v) is 11.2. The summed E-state index contributed by atoms with van der Waals surface area (Å²) >= 11 is 1.64. The lowest BCUT2D eigenvalue weighted by Crippen LogP contribution is -2.03. The van der Waals surface area contributed by atoms with Crippen molar-refractivity contribution in [3.05, 3.63) is 29.3 Å². The van der Waals surface area contributed by atoms with Crippen LogP contribution in [0.25, 0.3) is 0 Å². The maximum Gasteiger partial charge on any atom is 0.159 e. The van der Waals surface area contributed by atoms with Crippen LogP contribution in [0.5, 0.6) is 5.75 Å². The summed E-state index contributed by atoms with van der Waals surface area (Å²) in [7, 11) is 1.62. The molecule has 0 aliphatic carbocycles. The molecule has 1 atom stereocenters. The second kappa shape index (κ2) is 6.67. The molecule has 1 N–H and O–H groups in total. The molecule has 0 saturated heterocycles. The molecule has 0 spiro atoms. The highest BCUT2D eigenvalue weighted by atomic mass is 32.2. The molecule has 0 radical (unpaired) electrons. The summed E-state index contributed by atoms with van der Waals surface area (Å²) in [4.78, 5) is 11.3. The van der Waals surface area contributed by atoms with E-state index in [1.807, 2.05) is 19.1 Å². The largest absolute Gasteiger partial charge is 0.496 e. The molecule has 17 heavy (non-hydrogen) atoms. The third kappa shape index (κ3) is 4.06. The van der Waals surface area contributed by atoms with Gasteiger partial charge in [0.1, 0.15) is 5.75 Å². The van der Waals surface area contributed by atoms with Crippen LogP contribution < -0.4 is 4.74 Å². The van der Waals surface area contributed by atoms with Crippen molar-refractivity contribution in [2.24, 2.45) is 0 Å². The zero-order chi connectivity index (χ0) is 12.8. The van der Waals surface area contributed by atoms with Crippen molar-refractivity contribution in [1.82, 2.24) is 0 Å². The van der Waals surface area contributed by atoms with Gasteiger partial charge in [-0.25, -0.2) is 0 Å². The van der Waals surface area contributed by atoms with Crippen LogP contribution in [-0.4, -0.2) is 29.9 Å². The van der Waals surface area contributed by atoms with Gasteiger partial charge in [-0.2, -0.15) is 11.8 Å². The number of aliphatic hydroxyl groups is 1. The third-order valence-corrected chi connectivity index (χ3v) is 3.66. The van der Waals surface area contributed by atoms with E-state index < -0.39 is 0 Å². The van der Waals surface area contributed by atoms with Crippen LogP contribution in [-0.2, 0) is 5.75 Å². The molecule has 1 rings (SSSR count). The van der Waals surface area contributed by atoms with E-state index in [9.17, 15) is 4.79 Å². The van der Waals surface area contributed by atoms with Gasteiger partial charge in [0, 0.05) is 22.1 Å². The van der Waals surface area contributed by atoms with Crippen LogP contribution in [0, 0.1) is 0 Å². The lowest BCUT2D eigenvalue weighted by Gasteiger charge is -2.12. The number of hydrogen-bond donors (Lipinski definition) is 1. The number of carbonyl (C=O) groups excluding carboxylic acids is 1. The number of rotatable bonds is 6. The number of aliphatic hydroxyl groups excluding tert-OH is 1. The van der Waals surface area contributed by atoms with Gasteiger partial charge in [-0.1, -0.05) is 6.92 Å². The van der Waals surface area contributed by atoms with Crippen LogP contribution in [0.15, 0.2) is 18.2 Å². The fourth-order valence-electron chi connectivity index (χ4n) is 1.40. The second-order valence-corrected chi connectivity index (χ2v) is 5.31. The Bertz CT molecular complexity index is 390. The monoisotopic (exact) mass is 254 g/mol. The Hall–Kier alpha value is -1.00. The van der Waals surface area contributed by atoms with Crippen molar-refractivity contribution >= 4 is 17.5 Å². The van der Waals surface area contributed by atoms with Crippen LogP contribution >= 0.6 is 11.8 Å². The summed E-state index contributed by atoms with van der Waals surface area (Å²) in [5, 5.41) is 9.16. The first kappa shape index (κ1) is 14.1. The van der Waals surface area contributed by atoms with Gasteiger partial charge < -0.3 is 9.84 Å². The number of hydrogen-bond acceptors (Lipinski definition) is 4. The van der Waals surface area contributed by atoms with Gasteiger partial charge in [0.05, 0.1) is 13.7 Å². The van der Waals surface area contributed by atoms with Gasteiger partial charge in [0.2, 0.25) is 0 Å². The summed E-state index contributed by atoms with van der Waals surface area (Å²) in [6.07, 6.45) is 0. The van der Waals surface area contributed by atoms with E-state index in [0.717, 1.165) is 17.1 Å². The molecule has 0 aliphatic rings. The number of methoxy groups -OCH3 is 1. The van der Waals surface area contributed by atoms with Gasteiger partial charge in [-0.3, -0.25) is 4.79 Å². The van der Waals surface area contributed by atoms with E-state index in [-0.39, 0.29) is 17.6 Å². The van der Waals surface area contributed by atoms with Crippen molar-refractivity contribution in [3.8, 4) is 5.75 Å². The standard InChI is InChI=1S/C13H18O3S/c1-9(7-14)17-8-12-6-11(10(2)15)4-5-13(12)16-3/h4-6,9,14H,7-8H2,1-3H3. The summed E-state index contributed by atoms with van der Waals surface area (Å²) < 4.78 is 5.26. The van der Waals surface area contributed by atoms with Gasteiger partial charge in [0.15, 0.2) is 5.78 Å². The molecule has 0 heterocycles. The predicted molar refractivity (Wildman–Crippen MR) is 70.8 cm³/mol. The summed E-state index contributed by atoms with van der Waals surface area (Å²) in [6, 6.07) is 5.44. The second-order valence-electron chi connectivity index (χ2n) is 3.89. The highest BCUT2D eigenvalue weighted by molar-refractivity contribution is 7.99. The minimum absolute atomic E-state index is 0.0501. The van der Waals surface area contributed by atoms with E-state index in [1.165, 1.54) is 0 Å². The maximum atomic E-state index is 11.3. The van der Waals surface area contributed by atoms with E-state index in [2.05, 4.69) is 0 Å². The Labute approximate surface area is 106 Å². The van der Waals surface area contributed by atoms with Gasteiger partial charge >= 0.3 is 0 Å². The average Bonchev–Trinajstić information content (AvgIpc) is 2.35. The molecule has 1 aromatic rings. The number of Topliss-reactive ketones (excluding diaryl/α,β-unsaturated/α-hetero) is 1. The fraction of sp³-hybridized carbons (Fsp3) is 0.462. The van der Waals surface area contributed by atoms with Crippen molar-refractivity contribution in [3.63, 3.8) is 0 Å². The molecule has 1 aromatic carbocycles. The number of thioether (sulfide) groups is 1. The van der Waals surface area contributed by atoms with E-state index in [0.29, 0.717) is 5.56 Å². The first-order chi connectivity index (χ1) is 8.08. The third-order valence-electron chi connectivity index (χ3n) is 2.47. The molecular formula is C13H18O3S. The molecule has 0 bridgehead atoms. The zero-order valence-electron chi connectivity index (χ0n) is 10.4. The molecule has 0 amide bonds. The lowest BCUT2D eigenvalue weighted by atomic mass is 10.1. The minimum atomic E-state index is 0.0501. The molecule has 94 valence electrons. The number of carbonyl (C=O) groups is 1. The highest BCUT2D eigenvalue weighted by Gasteiger charge is 2.09. The van der Waals surface area contributed by atoms with Crippen molar-refractivity contribution in [1.29, 1.82) is 0 Å². The number of ketones is 1. The molecule has 3 nitrogen and oxygen atoms in total. The lowest BCUT2D eigenvalue weighted by molar-refractivity contribution is 0.101. The smallest absolute Gasteiger partial charge is 0.159 e. The number of benzene rings is 1. The quantitative estimate of drug-likeness (QED) is 0.792. The fourth-order valence-corrected chi connectivity index (χ4v) is 2.19. The number of ether oxygens (including phenoxy) is 1. The van der Waals surface area contributed by atoms with Gasteiger partial charge in [-0.15, -0.1) is 0 Å². The molecular weight excluding hydrogens is 236 g/mol. The first-order valence-electron chi connectivity index (χ1n) is 5.48. The summed E-state index contributed by atoms with van der Waals surface area (Å²) in [5.74, 6) is 1.56. The minimum Gasteiger partial charge on any atom is -0.496 e. The van der Waals surface area contributed by atoms with Crippen LogP contribution in [0.2, 0.25) is 0 Å². The topological polar surface area (TPSA) is 46.5 Å². The molecule has 0 fully saturated rings. The SMILES string of the molecule is COc1ccc(C(C)=O)cc1CSC(C)CO. The van der Waals surface area contributed by atoms with E-state index in [1.54, 1.807) is 31.9 Å². The molecule has 1 unspecified atom stereocenters. The van der Waals surface area contributed by atoms with E-state index >= 15 is 0 Å². The molecule has 0 aliphatic heterocycles. The molecule has 4 heteroatoms. The normalized spacial score (nSPS) is 12.2.